The fourth-order valence-electron chi connectivity index (χ4n) is 3.77. The van der Waals surface area contributed by atoms with E-state index < -0.39 is 15.8 Å². The molecule has 0 aliphatic carbocycles. The molecule has 0 spiro atoms. The summed E-state index contributed by atoms with van der Waals surface area (Å²) in [7, 11) is -2.98. The Bertz CT molecular complexity index is 860. The van der Waals surface area contributed by atoms with Crippen LogP contribution in [0.3, 0.4) is 0 Å². The molecule has 7 nitrogen and oxygen atoms in total. The van der Waals surface area contributed by atoms with Crippen molar-refractivity contribution in [3.05, 3.63) is 29.3 Å². The van der Waals surface area contributed by atoms with Crippen LogP contribution in [0.5, 0.6) is 0 Å². The number of piperazine rings is 1. The topological polar surface area (TPSA) is 78.0 Å². The maximum absolute atomic E-state index is 12.9. The first-order chi connectivity index (χ1) is 13.2. The van der Waals surface area contributed by atoms with Crippen molar-refractivity contribution in [1.82, 2.24) is 9.80 Å². The number of carbonyl (C=O) groups excluding carboxylic acids is 2. The van der Waals surface area contributed by atoms with Crippen molar-refractivity contribution in [3.63, 3.8) is 0 Å². The molecule has 0 radical (unpaired) electrons. The Labute approximate surface area is 167 Å². The number of anilines is 1. The largest absolute Gasteiger partial charge is 0.339 e. The van der Waals surface area contributed by atoms with Crippen LogP contribution in [0, 0.1) is 19.8 Å². The molecule has 2 aliphatic rings. The first-order valence-corrected chi connectivity index (χ1v) is 11.8. The highest BCUT2D eigenvalue weighted by Gasteiger charge is 2.40. The molecule has 2 fully saturated rings. The Balaban J connectivity index is 1.57. The highest BCUT2D eigenvalue weighted by molar-refractivity contribution is 7.90. The van der Waals surface area contributed by atoms with Gasteiger partial charge in [0.15, 0.2) is 0 Å². The van der Waals surface area contributed by atoms with E-state index in [1.165, 1.54) is 11.8 Å². The van der Waals surface area contributed by atoms with Crippen molar-refractivity contribution in [2.24, 2.45) is 5.92 Å². The van der Waals surface area contributed by atoms with Gasteiger partial charge in [-0.05, 0) is 43.5 Å². The maximum Gasteiger partial charge on any atom is 0.239 e. The summed E-state index contributed by atoms with van der Waals surface area (Å²) in [5, 5.41) is 0. The number of hydrogen-bond donors (Lipinski definition) is 0. The molecule has 1 aromatic rings. The molecule has 2 saturated heterocycles. The lowest BCUT2D eigenvalue weighted by Gasteiger charge is -2.35. The fraction of sp³-hybridized carbons (Fsp3) is 0.600. The molecule has 1 atom stereocenters. The molecule has 2 aliphatic heterocycles. The summed E-state index contributed by atoms with van der Waals surface area (Å²) in [5.41, 5.74) is 3.16. The van der Waals surface area contributed by atoms with Crippen molar-refractivity contribution in [1.29, 1.82) is 0 Å². The Morgan fingerprint density at radius 3 is 2.36 bits per heavy atom. The van der Waals surface area contributed by atoms with E-state index in [9.17, 15) is 18.0 Å². The van der Waals surface area contributed by atoms with Gasteiger partial charge in [0, 0.05) is 51.2 Å². The first-order valence-electron chi connectivity index (χ1n) is 9.73. The van der Waals surface area contributed by atoms with Gasteiger partial charge in [0.1, 0.15) is 15.8 Å². The molecule has 154 valence electrons. The lowest BCUT2D eigenvalue weighted by Crippen LogP contribution is -2.51. The van der Waals surface area contributed by atoms with Crippen LogP contribution in [0.25, 0.3) is 0 Å². The number of rotatable bonds is 5. The van der Waals surface area contributed by atoms with E-state index in [4.69, 9.17) is 0 Å². The zero-order valence-corrected chi connectivity index (χ0v) is 17.7. The van der Waals surface area contributed by atoms with Crippen molar-refractivity contribution >= 4 is 27.3 Å². The summed E-state index contributed by atoms with van der Waals surface area (Å²) >= 11 is 0. The second-order valence-electron chi connectivity index (χ2n) is 7.90. The first kappa shape index (κ1) is 20.8. The molecule has 2 amide bonds. The van der Waals surface area contributed by atoms with Gasteiger partial charge in [-0.1, -0.05) is 6.07 Å². The van der Waals surface area contributed by atoms with E-state index in [0.717, 1.165) is 11.3 Å². The van der Waals surface area contributed by atoms with Crippen LogP contribution >= 0.6 is 0 Å². The molecule has 0 N–H and O–H groups in total. The van der Waals surface area contributed by atoms with E-state index in [1.54, 1.807) is 9.80 Å². The Kier molecular flexibility index (Phi) is 6.09. The Morgan fingerprint density at radius 2 is 1.75 bits per heavy atom. The molecule has 1 aromatic carbocycles. The van der Waals surface area contributed by atoms with Gasteiger partial charge in [-0.15, -0.1) is 0 Å². The number of carbonyl (C=O) groups is 2. The van der Waals surface area contributed by atoms with E-state index in [2.05, 4.69) is 4.90 Å². The predicted molar refractivity (Wildman–Crippen MR) is 109 cm³/mol. The predicted octanol–water partition coefficient (Wildman–Crippen LogP) is 0.845. The van der Waals surface area contributed by atoms with Crippen LogP contribution in [-0.2, 0) is 19.4 Å². The van der Waals surface area contributed by atoms with Crippen LogP contribution in [0.4, 0.5) is 5.69 Å². The van der Waals surface area contributed by atoms with Crippen LogP contribution in [0.1, 0.15) is 17.5 Å². The Hall–Kier alpha value is -1.93. The number of aryl methyl sites for hydroxylation is 2. The highest BCUT2D eigenvalue weighted by atomic mass is 32.2. The van der Waals surface area contributed by atoms with Gasteiger partial charge in [0.25, 0.3) is 0 Å². The summed E-state index contributed by atoms with van der Waals surface area (Å²) < 4.78 is 22.6. The zero-order chi connectivity index (χ0) is 20.5. The maximum atomic E-state index is 12.9. The lowest BCUT2D eigenvalue weighted by molar-refractivity contribution is -0.141. The van der Waals surface area contributed by atoms with Crippen molar-refractivity contribution in [3.8, 4) is 0 Å². The molecule has 2 heterocycles. The van der Waals surface area contributed by atoms with E-state index in [-0.39, 0.29) is 17.6 Å². The van der Waals surface area contributed by atoms with E-state index in [1.807, 2.05) is 32.0 Å². The highest BCUT2D eigenvalue weighted by Crippen LogP contribution is 2.28. The minimum Gasteiger partial charge on any atom is -0.339 e. The quantitative estimate of drug-likeness (QED) is 0.676. The van der Waals surface area contributed by atoms with Crippen molar-refractivity contribution < 1.29 is 18.0 Å². The SMILES string of the molecule is Cc1ccc(N2CCC(C(=O)N3CCN(CCS(C)(=O)=O)CC3)C2=O)cc1C. The summed E-state index contributed by atoms with van der Waals surface area (Å²) in [4.78, 5) is 31.3. The second kappa shape index (κ2) is 8.21. The van der Waals surface area contributed by atoms with Crippen LogP contribution in [0.15, 0.2) is 18.2 Å². The monoisotopic (exact) mass is 407 g/mol. The summed E-state index contributed by atoms with van der Waals surface area (Å²) in [6, 6.07) is 5.94. The van der Waals surface area contributed by atoms with E-state index >= 15 is 0 Å². The minimum atomic E-state index is -2.98. The second-order valence-corrected chi connectivity index (χ2v) is 10.2. The molecule has 1 unspecified atom stereocenters. The van der Waals surface area contributed by atoms with Gasteiger partial charge in [-0.25, -0.2) is 8.42 Å². The zero-order valence-electron chi connectivity index (χ0n) is 16.8. The average molecular weight is 408 g/mol. The molecule has 8 heteroatoms. The van der Waals surface area contributed by atoms with Crippen molar-refractivity contribution in [2.45, 2.75) is 20.3 Å². The Morgan fingerprint density at radius 1 is 1.07 bits per heavy atom. The third-order valence-electron chi connectivity index (χ3n) is 5.77. The van der Waals surface area contributed by atoms with Crippen molar-refractivity contribution in [2.75, 3.05) is 56.2 Å². The summed E-state index contributed by atoms with van der Waals surface area (Å²) in [6.45, 7) is 7.46. The van der Waals surface area contributed by atoms with Gasteiger partial charge >= 0.3 is 0 Å². The van der Waals surface area contributed by atoms with Crippen LogP contribution in [0.2, 0.25) is 0 Å². The van der Waals surface area contributed by atoms with Gasteiger partial charge in [0.2, 0.25) is 11.8 Å². The standard InChI is InChI=1S/C20H29N3O4S/c1-15-4-5-17(14-16(15)2)23-7-6-18(20(23)25)19(24)22-10-8-21(9-11-22)12-13-28(3,26)27/h4-5,14,18H,6-13H2,1-3H3. The number of hydrogen-bond acceptors (Lipinski definition) is 5. The van der Waals surface area contributed by atoms with Gasteiger partial charge < -0.3 is 9.80 Å². The number of nitrogens with zero attached hydrogens (tertiary/aromatic N) is 3. The molecular formula is C20H29N3O4S. The van der Waals surface area contributed by atoms with E-state index in [0.29, 0.717) is 45.7 Å². The van der Waals surface area contributed by atoms with Gasteiger partial charge in [-0.3, -0.25) is 14.5 Å². The van der Waals surface area contributed by atoms with Crippen LogP contribution in [-0.4, -0.2) is 81.3 Å². The summed E-state index contributed by atoms with van der Waals surface area (Å²) in [5.74, 6) is -0.691. The molecular weight excluding hydrogens is 378 g/mol. The lowest BCUT2D eigenvalue weighted by atomic mass is 10.1. The smallest absolute Gasteiger partial charge is 0.239 e. The molecule has 0 aromatic heterocycles. The van der Waals surface area contributed by atoms with Gasteiger partial charge in [0.05, 0.1) is 5.75 Å². The fourth-order valence-corrected chi connectivity index (χ4v) is 4.36. The normalized spacial score (nSPS) is 21.4. The van der Waals surface area contributed by atoms with Crippen LogP contribution < -0.4 is 4.90 Å². The average Bonchev–Trinajstić information content (AvgIpc) is 3.03. The molecule has 28 heavy (non-hydrogen) atoms. The molecule has 0 bridgehead atoms. The number of benzene rings is 1. The number of sulfone groups is 1. The molecule has 0 saturated carbocycles. The minimum absolute atomic E-state index is 0.0981. The third kappa shape index (κ3) is 4.72. The third-order valence-corrected chi connectivity index (χ3v) is 6.69. The number of amides is 2. The van der Waals surface area contributed by atoms with Gasteiger partial charge in [-0.2, -0.15) is 0 Å². The summed E-state index contributed by atoms with van der Waals surface area (Å²) in [6.07, 6.45) is 1.78. The molecule has 3 rings (SSSR count).